The molecule has 2 aromatic carbocycles. The first kappa shape index (κ1) is 18.7. The normalized spacial score (nSPS) is 17.7. The summed E-state index contributed by atoms with van der Waals surface area (Å²) in [5.41, 5.74) is 1.19. The number of nitrogens with zero attached hydrogens (tertiary/aromatic N) is 1. The standard InChI is InChI=1S/C20H23ClN2O3/c21-17-6-8-18(9-7-17)26-15-20(24)22-10-11-23-12-13-25-19(14-23)16-4-2-1-3-5-16/h1-9,19H,10-15H2,(H,22,24)/t19-/m0/s1. The lowest BCUT2D eigenvalue weighted by Crippen LogP contribution is -2.43. The molecule has 1 fully saturated rings. The van der Waals surface area contributed by atoms with E-state index in [-0.39, 0.29) is 18.6 Å². The van der Waals surface area contributed by atoms with Gasteiger partial charge in [-0.25, -0.2) is 0 Å². The van der Waals surface area contributed by atoms with Crippen LogP contribution < -0.4 is 10.1 Å². The quantitative estimate of drug-likeness (QED) is 0.809. The van der Waals surface area contributed by atoms with E-state index in [1.165, 1.54) is 5.56 Å². The first-order valence-electron chi connectivity index (χ1n) is 8.75. The number of hydrogen-bond donors (Lipinski definition) is 1. The Morgan fingerprint density at radius 1 is 1.19 bits per heavy atom. The molecule has 1 aliphatic heterocycles. The number of halogens is 1. The predicted octanol–water partition coefficient (Wildman–Crippen LogP) is 2.91. The smallest absolute Gasteiger partial charge is 0.257 e. The lowest BCUT2D eigenvalue weighted by atomic mass is 10.1. The minimum absolute atomic E-state index is 0.00260. The van der Waals surface area contributed by atoms with Gasteiger partial charge in [-0.05, 0) is 29.8 Å². The summed E-state index contributed by atoms with van der Waals surface area (Å²) in [6, 6.07) is 17.2. The van der Waals surface area contributed by atoms with Gasteiger partial charge in [0.1, 0.15) is 5.75 Å². The van der Waals surface area contributed by atoms with Crippen LogP contribution in [0.1, 0.15) is 11.7 Å². The van der Waals surface area contributed by atoms with Gasteiger partial charge in [-0.1, -0.05) is 41.9 Å². The number of amides is 1. The molecule has 138 valence electrons. The van der Waals surface area contributed by atoms with Gasteiger partial charge >= 0.3 is 0 Å². The fourth-order valence-corrected chi connectivity index (χ4v) is 2.99. The number of carbonyl (C=O) groups excluding carboxylic acids is 1. The number of rotatable bonds is 7. The number of morpholine rings is 1. The molecular formula is C20H23ClN2O3. The molecular weight excluding hydrogens is 352 g/mol. The summed E-state index contributed by atoms with van der Waals surface area (Å²) in [7, 11) is 0. The molecule has 1 heterocycles. The van der Waals surface area contributed by atoms with Gasteiger partial charge < -0.3 is 14.8 Å². The van der Waals surface area contributed by atoms with E-state index in [0.29, 0.717) is 23.9 Å². The molecule has 0 aromatic heterocycles. The molecule has 1 atom stereocenters. The van der Waals surface area contributed by atoms with Gasteiger partial charge in [-0.15, -0.1) is 0 Å². The molecule has 0 bridgehead atoms. The highest BCUT2D eigenvalue weighted by Crippen LogP contribution is 2.21. The van der Waals surface area contributed by atoms with Crippen molar-refractivity contribution in [1.82, 2.24) is 10.2 Å². The minimum Gasteiger partial charge on any atom is -0.484 e. The summed E-state index contributed by atoms with van der Waals surface area (Å²) < 4.78 is 11.3. The molecule has 1 N–H and O–H groups in total. The summed E-state index contributed by atoms with van der Waals surface area (Å²) in [5, 5.41) is 3.53. The van der Waals surface area contributed by atoms with Gasteiger partial charge in [0.25, 0.3) is 5.91 Å². The second kappa shape index (κ2) is 9.57. The average Bonchev–Trinajstić information content (AvgIpc) is 2.68. The first-order chi connectivity index (χ1) is 12.7. The molecule has 0 aliphatic carbocycles. The molecule has 1 amide bonds. The number of nitrogens with one attached hydrogen (secondary N) is 1. The maximum atomic E-state index is 11.9. The molecule has 0 unspecified atom stereocenters. The summed E-state index contributed by atoms with van der Waals surface area (Å²) >= 11 is 5.82. The van der Waals surface area contributed by atoms with Crippen LogP contribution in [-0.4, -0.2) is 50.2 Å². The summed E-state index contributed by atoms with van der Waals surface area (Å²) in [5.74, 6) is 0.497. The Balaban J connectivity index is 1.36. The monoisotopic (exact) mass is 374 g/mol. The highest BCUT2D eigenvalue weighted by molar-refractivity contribution is 6.30. The molecule has 26 heavy (non-hydrogen) atoms. The zero-order chi connectivity index (χ0) is 18.2. The van der Waals surface area contributed by atoms with Crippen LogP contribution in [0.2, 0.25) is 5.02 Å². The van der Waals surface area contributed by atoms with Gasteiger partial charge in [0.05, 0.1) is 12.7 Å². The van der Waals surface area contributed by atoms with Gasteiger partial charge in [-0.3, -0.25) is 9.69 Å². The van der Waals surface area contributed by atoms with Crippen LogP contribution in [0.3, 0.4) is 0 Å². The Kier molecular flexibility index (Phi) is 6.89. The molecule has 3 rings (SSSR count). The van der Waals surface area contributed by atoms with Crippen LogP contribution >= 0.6 is 11.6 Å². The van der Waals surface area contributed by atoms with Crippen molar-refractivity contribution in [2.75, 3.05) is 39.4 Å². The van der Waals surface area contributed by atoms with E-state index in [2.05, 4.69) is 22.3 Å². The van der Waals surface area contributed by atoms with E-state index in [9.17, 15) is 4.79 Å². The third-order valence-electron chi connectivity index (χ3n) is 4.26. The highest BCUT2D eigenvalue weighted by Gasteiger charge is 2.21. The summed E-state index contributed by atoms with van der Waals surface area (Å²) in [6.45, 7) is 3.79. The zero-order valence-corrected chi connectivity index (χ0v) is 15.3. The van der Waals surface area contributed by atoms with E-state index >= 15 is 0 Å². The van der Waals surface area contributed by atoms with Crippen LogP contribution in [-0.2, 0) is 9.53 Å². The largest absolute Gasteiger partial charge is 0.484 e. The molecule has 6 heteroatoms. The fourth-order valence-electron chi connectivity index (χ4n) is 2.86. The Morgan fingerprint density at radius 3 is 2.73 bits per heavy atom. The maximum absolute atomic E-state index is 11.9. The summed E-state index contributed by atoms with van der Waals surface area (Å²) in [4.78, 5) is 14.2. The molecule has 2 aromatic rings. The van der Waals surface area contributed by atoms with Crippen molar-refractivity contribution in [1.29, 1.82) is 0 Å². The zero-order valence-electron chi connectivity index (χ0n) is 14.6. The third kappa shape index (κ3) is 5.73. The van der Waals surface area contributed by atoms with Gasteiger partial charge in [0, 0.05) is 31.2 Å². The molecule has 0 radical (unpaired) electrons. The van der Waals surface area contributed by atoms with Crippen molar-refractivity contribution < 1.29 is 14.3 Å². The topological polar surface area (TPSA) is 50.8 Å². The molecule has 0 spiro atoms. The van der Waals surface area contributed by atoms with E-state index in [4.69, 9.17) is 21.1 Å². The third-order valence-corrected chi connectivity index (χ3v) is 4.51. The predicted molar refractivity (Wildman–Crippen MR) is 102 cm³/mol. The number of ether oxygens (including phenoxy) is 2. The molecule has 1 aliphatic rings. The molecule has 5 nitrogen and oxygen atoms in total. The second-order valence-corrected chi connectivity index (χ2v) is 6.60. The lowest BCUT2D eigenvalue weighted by Gasteiger charge is -2.33. The van der Waals surface area contributed by atoms with Gasteiger partial charge in [-0.2, -0.15) is 0 Å². The van der Waals surface area contributed by atoms with Crippen LogP contribution in [0.5, 0.6) is 5.75 Å². The SMILES string of the molecule is O=C(COc1ccc(Cl)cc1)NCCN1CCO[C@H](c2ccccc2)C1. The second-order valence-electron chi connectivity index (χ2n) is 6.16. The number of benzene rings is 2. The van der Waals surface area contributed by atoms with Crippen molar-refractivity contribution in [3.05, 3.63) is 65.2 Å². The minimum atomic E-state index is -0.132. The van der Waals surface area contributed by atoms with Crippen molar-refractivity contribution in [2.24, 2.45) is 0 Å². The maximum Gasteiger partial charge on any atom is 0.257 e. The van der Waals surface area contributed by atoms with Crippen LogP contribution in [0, 0.1) is 0 Å². The number of hydrogen-bond acceptors (Lipinski definition) is 4. The average molecular weight is 375 g/mol. The Hall–Kier alpha value is -2.08. The Bertz CT molecular complexity index is 694. The van der Waals surface area contributed by atoms with Gasteiger partial charge in [0.2, 0.25) is 0 Å². The number of carbonyl (C=O) groups is 1. The molecule has 1 saturated heterocycles. The molecule has 0 saturated carbocycles. The van der Waals surface area contributed by atoms with Crippen LogP contribution in [0.4, 0.5) is 0 Å². The van der Waals surface area contributed by atoms with Crippen molar-refractivity contribution in [3.63, 3.8) is 0 Å². The van der Waals surface area contributed by atoms with E-state index in [1.807, 2.05) is 18.2 Å². The van der Waals surface area contributed by atoms with Crippen LogP contribution in [0.25, 0.3) is 0 Å². The summed E-state index contributed by atoms with van der Waals surface area (Å²) in [6.07, 6.45) is 0.0916. The van der Waals surface area contributed by atoms with Crippen molar-refractivity contribution in [3.8, 4) is 5.75 Å². The van der Waals surface area contributed by atoms with Gasteiger partial charge in [0.15, 0.2) is 6.61 Å². The highest BCUT2D eigenvalue weighted by atomic mass is 35.5. The van der Waals surface area contributed by atoms with E-state index < -0.39 is 0 Å². The lowest BCUT2D eigenvalue weighted by molar-refractivity contribution is -0.123. The van der Waals surface area contributed by atoms with E-state index in [0.717, 1.165) is 19.6 Å². The van der Waals surface area contributed by atoms with E-state index in [1.54, 1.807) is 24.3 Å². The Morgan fingerprint density at radius 2 is 1.96 bits per heavy atom. The van der Waals surface area contributed by atoms with Crippen molar-refractivity contribution >= 4 is 17.5 Å². The Labute approximate surface area is 158 Å². The first-order valence-corrected chi connectivity index (χ1v) is 9.12. The van der Waals surface area contributed by atoms with Crippen molar-refractivity contribution in [2.45, 2.75) is 6.10 Å². The van der Waals surface area contributed by atoms with Crippen LogP contribution in [0.15, 0.2) is 54.6 Å². The fraction of sp³-hybridized carbons (Fsp3) is 0.350.